The number of hydrogen-bond donors (Lipinski definition) is 2. The highest BCUT2D eigenvalue weighted by molar-refractivity contribution is 5.87. The second kappa shape index (κ2) is 5.83. The molecule has 0 spiro atoms. The first-order valence-corrected chi connectivity index (χ1v) is 6.53. The van der Waals surface area contributed by atoms with Crippen LogP contribution in [-0.4, -0.2) is 34.2 Å². The van der Waals surface area contributed by atoms with Gasteiger partial charge in [0.1, 0.15) is 0 Å². The van der Waals surface area contributed by atoms with Crippen LogP contribution in [-0.2, 0) is 5.60 Å². The van der Waals surface area contributed by atoms with Gasteiger partial charge in [-0.2, -0.15) is 26.3 Å². The van der Waals surface area contributed by atoms with Crippen molar-refractivity contribution in [2.75, 3.05) is 4.90 Å². The molecule has 1 rings (SSSR count). The standard InChI is InChI=1S/C14H15F6NO3/c1-11(2,3)21(10(22)23)9-6-4-8(5-7-9)12(24,13(15,16)17)14(18,19)20/h4-7,24H,1-3H3,(H,22,23). The van der Waals surface area contributed by atoms with E-state index in [4.69, 9.17) is 5.11 Å². The molecule has 0 aliphatic rings. The quantitative estimate of drug-likeness (QED) is 0.775. The minimum absolute atomic E-state index is 0.134. The molecule has 24 heavy (non-hydrogen) atoms. The molecule has 0 aliphatic heterocycles. The number of halogens is 6. The normalized spacial score (nSPS) is 13.8. The van der Waals surface area contributed by atoms with Gasteiger partial charge in [0.15, 0.2) is 0 Å². The van der Waals surface area contributed by atoms with Crippen LogP contribution in [0.15, 0.2) is 24.3 Å². The van der Waals surface area contributed by atoms with Crippen LogP contribution in [0.2, 0.25) is 0 Å². The molecule has 4 nitrogen and oxygen atoms in total. The smallest absolute Gasteiger partial charge is 0.430 e. The van der Waals surface area contributed by atoms with Gasteiger partial charge in [-0.05, 0) is 32.9 Å². The van der Waals surface area contributed by atoms with Gasteiger partial charge < -0.3 is 10.2 Å². The number of anilines is 1. The molecule has 0 saturated carbocycles. The molecule has 0 unspecified atom stereocenters. The molecule has 1 amide bonds. The molecule has 0 atom stereocenters. The lowest BCUT2D eigenvalue weighted by Gasteiger charge is -2.35. The highest BCUT2D eigenvalue weighted by atomic mass is 19.4. The summed E-state index contributed by atoms with van der Waals surface area (Å²) in [7, 11) is 0. The van der Waals surface area contributed by atoms with E-state index in [9.17, 15) is 36.2 Å². The summed E-state index contributed by atoms with van der Waals surface area (Å²) < 4.78 is 76.7. The van der Waals surface area contributed by atoms with Crippen LogP contribution in [0.3, 0.4) is 0 Å². The van der Waals surface area contributed by atoms with Gasteiger partial charge in [0.2, 0.25) is 0 Å². The highest BCUT2D eigenvalue weighted by Crippen LogP contribution is 2.50. The summed E-state index contributed by atoms with van der Waals surface area (Å²) in [5.74, 6) is 0. The number of carbonyl (C=O) groups is 1. The van der Waals surface area contributed by atoms with Crippen LogP contribution >= 0.6 is 0 Å². The maximum atomic E-state index is 12.8. The van der Waals surface area contributed by atoms with Crippen molar-refractivity contribution in [3.05, 3.63) is 29.8 Å². The van der Waals surface area contributed by atoms with Gasteiger partial charge in [-0.3, -0.25) is 4.90 Å². The number of aliphatic hydroxyl groups is 1. The second-order valence-corrected chi connectivity index (χ2v) is 6.04. The Morgan fingerprint density at radius 1 is 0.917 bits per heavy atom. The van der Waals surface area contributed by atoms with Gasteiger partial charge in [0.25, 0.3) is 5.60 Å². The summed E-state index contributed by atoms with van der Waals surface area (Å²) in [6.45, 7) is 4.49. The van der Waals surface area contributed by atoms with Crippen LogP contribution in [0.5, 0.6) is 0 Å². The van der Waals surface area contributed by atoms with E-state index < -0.39 is 35.1 Å². The third-order valence-corrected chi connectivity index (χ3v) is 3.23. The van der Waals surface area contributed by atoms with Gasteiger partial charge in [-0.15, -0.1) is 0 Å². The van der Waals surface area contributed by atoms with Gasteiger partial charge in [0, 0.05) is 16.8 Å². The number of rotatable bonds is 2. The van der Waals surface area contributed by atoms with E-state index >= 15 is 0 Å². The molecule has 10 heteroatoms. The summed E-state index contributed by atoms with van der Waals surface area (Å²) in [6, 6.07) is 2.35. The summed E-state index contributed by atoms with van der Waals surface area (Å²) in [6.07, 6.45) is -13.4. The Bertz CT molecular complexity index is 587. The van der Waals surface area contributed by atoms with Gasteiger partial charge in [-0.25, -0.2) is 4.79 Å². The van der Waals surface area contributed by atoms with E-state index in [1.54, 1.807) is 0 Å². The zero-order valence-electron chi connectivity index (χ0n) is 12.8. The molecule has 136 valence electrons. The van der Waals surface area contributed by atoms with Crippen molar-refractivity contribution in [3.63, 3.8) is 0 Å². The summed E-state index contributed by atoms with van der Waals surface area (Å²) in [4.78, 5) is 12.0. The predicted molar refractivity (Wildman–Crippen MR) is 72.7 cm³/mol. The zero-order valence-corrected chi connectivity index (χ0v) is 12.8. The maximum absolute atomic E-state index is 12.8. The Balaban J connectivity index is 3.44. The fourth-order valence-corrected chi connectivity index (χ4v) is 2.12. The lowest BCUT2D eigenvalue weighted by molar-refractivity contribution is -0.376. The van der Waals surface area contributed by atoms with Crippen molar-refractivity contribution in [1.82, 2.24) is 0 Å². The lowest BCUT2D eigenvalue weighted by Crippen LogP contribution is -2.54. The summed E-state index contributed by atoms with van der Waals surface area (Å²) in [5.41, 5.74) is -7.62. The molecule has 1 aromatic carbocycles. The monoisotopic (exact) mass is 359 g/mol. The predicted octanol–water partition coefficient (Wildman–Crippen LogP) is 4.28. The molecule has 0 aliphatic carbocycles. The van der Waals surface area contributed by atoms with Crippen LogP contribution in [0, 0.1) is 0 Å². The largest absolute Gasteiger partial charge is 0.465 e. The molecule has 0 radical (unpaired) electrons. The Morgan fingerprint density at radius 2 is 1.29 bits per heavy atom. The molecule has 0 aromatic heterocycles. The van der Waals surface area contributed by atoms with Crippen LogP contribution in [0.1, 0.15) is 26.3 Å². The number of carboxylic acid groups (broad SMARTS) is 1. The van der Waals surface area contributed by atoms with Crippen molar-refractivity contribution in [1.29, 1.82) is 0 Å². The molecular formula is C14H15F6NO3. The average molecular weight is 359 g/mol. The number of amides is 1. The Labute approximate surface area is 133 Å². The highest BCUT2D eigenvalue weighted by Gasteiger charge is 2.71. The van der Waals surface area contributed by atoms with E-state index in [1.165, 1.54) is 20.8 Å². The van der Waals surface area contributed by atoms with E-state index in [0.717, 1.165) is 17.0 Å². The molecule has 0 heterocycles. The second-order valence-electron chi connectivity index (χ2n) is 6.04. The van der Waals surface area contributed by atoms with Crippen LogP contribution in [0.4, 0.5) is 36.8 Å². The number of alkyl halides is 6. The Hall–Kier alpha value is -1.97. The van der Waals surface area contributed by atoms with Gasteiger partial charge in [-0.1, -0.05) is 12.1 Å². The number of hydrogen-bond acceptors (Lipinski definition) is 2. The molecule has 0 saturated heterocycles. The van der Waals surface area contributed by atoms with Crippen molar-refractivity contribution in [2.45, 2.75) is 44.3 Å². The number of nitrogens with zero attached hydrogens (tertiary/aromatic N) is 1. The molecule has 0 bridgehead atoms. The van der Waals surface area contributed by atoms with Crippen molar-refractivity contribution < 1.29 is 41.4 Å². The average Bonchev–Trinajstić information content (AvgIpc) is 2.33. The maximum Gasteiger partial charge on any atom is 0.430 e. The van der Waals surface area contributed by atoms with Crippen molar-refractivity contribution in [2.24, 2.45) is 0 Å². The van der Waals surface area contributed by atoms with Crippen molar-refractivity contribution >= 4 is 11.8 Å². The fraction of sp³-hybridized carbons (Fsp3) is 0.500. The Morgan fingerprint density at radius 3 is 1.54 bits per heavy atom. The molecule has 1 aromatic rings. The third kappa shape index (κ3) is 3.42. The fourth-order valence-electron chi connectivity index (χ4n) is 2.12. The molecule has 0 fully saturated rings. The SMILES string of the molecule is CC(C)(C)N(C(=O)O)c1ccc(C(O)(C(F)(F)F)C(F)(F)F)cc1. The topological polar surface area (TPSA) is 60.8 Å². The minimum Gasteiger partial charge on any atom is -0.465 e. The van der Waals surface area contributed by atoms with Gasteiger partial charge in [0.05, 0.1) is 0 Å². The first kappa shape index (κ1) is 20.1. The summed E-state index contributed by atoms with van der Waals surface area (Å²) >= 11 is 0. The first-order valence-electron chi connectivity index (χ1n) is 6.53. The molecular weight excluding hydrogens is 344 g/mol. The molecule has 2 N–H and O–H groups in total. The first-order chi connectivity index (χ1) is 10.5. The summed E-state index contributed by atoms with van der Waals surface area (Å²) in [5, 5.41) is 18.4. The van der Waals surface area contributed by atoms with Gasteiger partial charge >= 0.3 is 18.4 Å². The zero-order chi connectivity index (χ0) is 19.1. The van der Waals surface area contributed by atoms with Crippen LogP contribution < -0.4 is 4.90 Å². The Kier molecular flexibility index (Phi) is 4.88. The minimum atomic E-state index is -6.00. The van der Waals surface area contributed by atoms with E-state index in [1.807, 2.05) is 0 Å². The van der Waals surface area contributed by atoms with E-state index in [-0.39, 0.29) is 5.69 Å². The van der Waals surface area contributed by atoms with Crippen molar-refractivity contribution in [3.8, 4) is 0 Å². The van der Waals surface area contributed by atoms with E-state index in [0.29, 0.717) is 12.1 Å². The van der Waals surface area contributed by atoms with Crippen LogP contribution in [0.25, 0.3) is 0 Å². The number of benzene rings is 1. The third-order valence-electron chi connectivity index (χ3n) is 3.23. The lowest BCUT2D eigenvalue weighted by atomic mass is 9.92. The van der Waals surface area contributed by atoms with E-state index in [2.05, 4.69) is 0 Å².